The lowest BCUT2D eigenvalue weighted by Gasteiger charge is -2.21. The maximum atomic E-state index is 13.2. The smallest absolute Gasteiger partial charge is 0.419 e. The molecular weight excluding hydrogens is 462 g/mol. The fourth-order valence-electron chi connectivity index (χ4n) is 3.47. The lowest BCUT2D eigenvalue weighted by molar-refractivity contribution is 0.0529. The molecule has 0 bridgehead atoms. The third-order valence-electron chi connectivity index (χ3n) is 4.66. The Bertz CT molecular complexity index is 1300. The Balaban J connectivity index is 2.11. The van der Waals surface area contributed by atoms with Crippen LogP contribution in [0.4, 0.5) is 20.1 Å². The highest BCUT2D eigenvalue weighted by molar-refractivity contribution is 6.08. The van der Waals surface area contributed by atoms with Crippen molar-refractivity contribution < 1.29 is 28.6 Å². The van der Waals surface area contributed by atoms with Crippen LogP contribution in [0, 0.1) is 0 Å². The number of para-hydroxylation sites is 1. The Labute approximate surface area is 211 Å². The maximum Gasteiger partial charge on any atom is 0.419 e. The summed E-state index contributed by atoms with van der Waals surface area (Å²) in [6.45, 7) is 16.0. The summed E-state index contributed by atoms with van der Waals surface area (Å²) < 4.78 is 19.2. The van der Waals surface area contributed by atoms with E-state index in [0.29, 0.717) is 27.7 Å². The van der Waals surface area contributed by atoms with Gasteiger partial charge in [-0.25, -0.2) is 19.0 Å². The fourth-order valence-corrected chi connectivity index (χ4v) is 3.47. The molecule has 1 aromatic carbocycles. The number of benzene rings is 1. The van der Waals surface area contributed by atoms with Crippen LogP contribution in [0.5, 0.6) is 0 Å². The quantitative estimate of drug-likeness (QED) is 0.382. The zero-order valence-electron chi connectivity index (χ0n) is 22.4. The van der Waals surface area contributed by atoms with Gasteiger partial charge in [0.1, 0.15) is 16.8 Å². The van der Waals surface area contributed by atoms with E-state index >= 15 is 0 Å². The van der Waals surface area contributed by atoms with Gasteiger partial charge in [0.25, 0.3) is 0 Å². The minimum atomic E-state index is -0.735. The average Bonchev–Trinajstić information content (AvgIpc) is 3.29. The van der Waals surface area contributed by atoms with Crippen molar-refractivity contribution in [3.05, 3.63) is 42.9 Å². The van der Waals surface area contributed by atoms with Gasteiger partial charge in [-0.2, -0.15) is 0 Å². The molecule has 0 aliphatic heterocycles. The van der Waals surface area contributed by atoms with Gasteiger partial charge in [-0.05, 0) is 74.4 Å². The molecule has 9 heteroatoms. The lowest BCUT2D eigenvalue weighted by Crippen LogP contribution is -2.28. The van der Waals surface area contributed by atoms with Crippen LogP contribution in [0.15, 0.2) is 42.9 Å². The first-order valence-electron chi connectivity index (χ1n) is 11.7. The second-order valence-corrected chi connectivity index (χ2v) is 11.5. The third-order valence-corrected chi connectivity index (χ3v) is 4.66. The van der Waals surface area contributed by atoms with Crippen LogP contribution in [0.25, 0.3) is 22.0 Å². The van der Waals surface area contributed by atoms with Gasteiger partial charge in [-0.3, -0.25) is 9.88 Å². The molecule has 1 amide bonds. The van der Waals surface area contributed by atoms with Gasteiger partial charge < -0.3 is 14.2 Å². The number of aromatic nitrogens is 2. The van der Waals surface area contributed by atoms with E-state index in [1.54, 1.807) is 99.1 Å². The normalized spacial score (nSPS) is 12.4. The minimum Gasteiger partial charge on any atom is -0.444 e. The van der Waals surface area contributed by atoms with Crippen LogP contribution in [0.3, 0.4) is 0 Å². The molecule has 0 radical (unpaired) electrons. The number of ether oxygens (including phenoxy) is 3. The van der Waals surface area contributed by atoms with Crippen molar-refractivity contribution in [3.8, 4) is 11.1 Å². The molecule has 2 heterocycles. The molecule has 0 spiro atoms. The predicted octanol–water partition coefficient (Wildman–Crippen LogP) is 7.02. The van der Waals surface area contributed by atoms with Crippen molar-refractivity contribution in [2.45, 2.75) is 79.1 Å². The van der Waals surface area contributed by atoms with Gasteiger partial charge in [-0.15, -0.1) is 0 Å². The molecule has 0 aliphatic carbocycles. The highest BCUT2D eigenvalue weighted by Crippen LogP contribution is 2.36. The summed E-state index contributed by atoms with van der Waals surface area (Å²) in [5.41, 5.74) is 0.107. The van der Waals surface area contributed by atoms with E-state index in [0.717, 1.165) is 0 Å². The van der Waals surface area contributed by atoms with Crippen molar-refractivity contribution in [3.63, 3.8) is 0 Å². The Morgan fingerprint density at radius 3 is 1.92 bits per heavy atom. The lowest BCUT2D eigenvalue weighted by atomic mass is 10.1. The predicted molar refractivity (Wildman–Crippen MR) is 138 cm³/mol. The standard InChI is InChI=1S/C27H35N3O6/c1-25(2,3)34-22(31)28-20-12-10-11-18-19(16-30(21(18)20)24(33)36-27(7,8)9)17-13-14-29(15-17)23(32)35-26(4,5)6/h10-16H,1-9H3,(H,28,31). The van der Waals surface area contributed by atoms with Gasteiger partial charge in [0, 0.05) is 35.1 Å². The monoisotopic (exact) mass is 497 g/mol. The summed E-state index contributed by atoms with van der Waals surface area (Å²) in [5.74, 6) is 0. The van der Waals surface area contributed by atoms with E-state index in [1.807, 2.05) is 6.07 Å². The molecule has 0 saturated heterocycles. The molecule has 0 saturated carbocycles. The second kappa shape index (κ2) is 9.37. The van der Waals surface area contributed by atoms with E-state index < -0.39 is 35.1 Å². The first-order valence-corrected chi connectivity index (χ1v) is 11.7. The van der Waals surface area contributed by atoms with Gasteiger partial charge in [0.15, 0.2) is 0 Å². The number of amides is 1. The molecule has 0 unspecified atom stereocenters. The van der Waals surface area contributed by atoms with Crippen molar-refractivity contribution in [2.75, 3.05) is 5.32 Å². The zero-order chi connectivity index (χ0) is 27.1. The molecule has 194 valence electrons. The first-order chi connectivity index (χ1) is 16.4. The van der Waals surface area contributed by atoms with Crippen molar-refractivity contribution in [1.29, 1.82) is 0 Å². The summed E-state index contributed by atoms with van der Waals surface area (Å²) in [6.07, 6.45) is 3.10. The maximum absolute atomic E-state index is 13.2. The number of rotatable bonds is 2. The van der Waals surface area contributed by atoms with E-state index in [2.05, 4.69) is 5.32 Å². The number of anilines is 1. The number of carbonyl (C=O) groups is 3. The van der Waals surface area contributed by atoms with Crippen LogP contribution in [0.2, 0.25) is 0 Å². The van der Waals surface area contributed by atoms with Crippen LogP contribution in [-0.4, -0.2) is 44.2 Å². The Morgan fingerprint density at radius 1 is 0.750 bits per heavy atom. The van der Waals surface area contributed by atoms with Gasteiger partial charge >= 0.3 is 18.3 Å². The van der Waals surface area contributed by atoms with Crippen LogP contribution in [-0.2, 0) is 14.2 Å². The largest absolute Gasteiger partial charge is 0.444 e. The van der Waals surface area contributed by atoms with E-state index in [1.165, 1.54) is 9.13 Å². The van der Waals surface area contributed by atoms with Crippen molar-refractivity contribution >= 4 is 34.9 Å². The molecule has 0 atom stereocenters. The summed E-state index contributed by atoms with van der Waals surface area (Å²) in [5, 5.41) is 3.42. The number of hydrogen-bond donors (Lipinski definition) is 1. The van der Waals surface area contributed by atoms with Crippen LogP contribution in [0.1, 0.15) is 62.3 Å². The SMILES string of the molecule is CC(C)(C)OC(=O)Nc1cccc2c(-c3ccn(C(=O)OC(C)(C)C)c3)cn(C(=O)OC(C)(C)C)c12. The topological polar surface area (TPSA) is 101 Å². The highest BCUT2D eigenvalue weighted by atomic mass is 16.6. The Morgan fingerprint density at radius 2 is 1.33 bits per heavy atom. The third kappa shape index (κ3) is 6.68. The van der Waals surface area contributed by atoms with E-state index in [-0.39, 0.29) is 0 Å². The number of hydrogen-bond acceptors (Lipinski definition) is 6. The van der Waals surface area contributed by atoms with Gasteiger partial charge in [0.05, 0.1) is 11.2 Å². The molecule has 9 nitrogen and oxygen atoms in total. The summed E-state index contributed by atoms with van der Waals surface area (Å²) in [6, 6.07) is 7.04. The molecule has 2 aromatic heterocycles. The fraction of sp³-hybridized carbons (Fsp3) is 0.444. The number of nitrogens with one attached hydrogen (secondary N) is 1. The number of nitrogens with zero attached hydrogens (tertiary/aromatic N) is 2. The Hall–Kier alpha value is -3.75. The summed E-state index contributed by atoms with van der Waals surface area (Å²) >= 11 is 0. The average molecular weight is 498 g/mol. The van der Waals surface area contributed by atoms with Crippen molar-refractivity contribution in [2.24, 2.45) is 0 Å². The highest BCUT2D eigenvalue weighted by Gasteiger charge is 2.25. The van der Waals surface area contributed by atoms with Crippen LogP contribution >= 0.6 is 0 Å². The molecule has 1 N–H and O–H groups in total. The number of fused-ring (bicyclic) bond motifs is 1. The second-order valence-electron chi connectivity index (χ2n) is 11.5. The summed E-state index contributed by atoms with van der Waals surface area (Å²) in [4.78, 5) is 38.2. The molecule has 0 aliphatic rings. The van der Waals surface area contributed by atoms with Gasteiger partial charge in [0.2, 0.25) is 0 Å². The van der Waals surface area contributed by atoms with Crippen molar-refractivity contribution in [1.82, 2.24) is 9.13 Å². The van der Waals surface area contributed by atoms with Crippen LogP contribution < -0.4 is 5.32 Å². The number of carbonyl (C=O) groups excluding carboxylic acids is 3. The minimum absolute atomic E-state index is 0.380. The van der Waals surface area contributed by atoms with Gasteiger partial charge in [-0.1, -0.05) is 12.1 Å². The molecule has 3 aromatic rings. The Kier molecular flexibility index (Phi) is 6.99. The summed E-state index contributed by atoms with van der Waals surface area (Å²) in [7, 11) is 0. The van der Waals surface area contributed by atoms with E-state index in [9.17, 15) is 14.4 Å². The zero-order valence-corrected chi connectivity index (χ0v) is 22.4. The first kappa shape index (κ1) is 26.8. The molecule has 3 rings (SSSR count). The van der Waals surface area contributed by atoms with E-state index in [4.69, 9.17) is 14.2 Å². The molecular formula is C27H35N3O6. The molecule has 0 fully saturated rings. The molecule has 36 heavy (non-hydrogen) atoms.